The van der Waals surface area contributed by atoms with Crippen molar-refractivity contribution in [2.75, 3.05) is 37.6 Å². The molecule has 0 unspecified atom stereocenters. The van der Waals surface area contributed by atoms with Gasteiger partial charge in [-0.3, -0.25) is 9.88 Å². The minimum Gasteiger partial charge on any atom is -0.368 e. The topological polar surface area (TPSA) is 43.2 Å². The van der Waals surface area contributed by atoms with Crippen LogP contribution in [0, 0.1) is 11.3 Å². The summed E-state index contributed by atoms with van der Waals surface area (Å²) in [6, 6.07) is 4.47. The van der Waals surface area contributed by atoms with Gasteiger partial charge in [-0.05, 0) is 17.5 Å². The summed E-state index contributed by atoms with van der Waals surface area (Å²) in [5.41, 5.74) is 2.52. The average molecular weight is 258 g/mol. The zero-order chi connectivity index (χ0) is 13.7. The van der Waals surface area contributed by atoms with Crippen molar-refractivity contribution in [2.24, 2.45) is 0 Å². The molecule has 19 heavy (non-hydrogen) atoms. The normalized spacial score (nSPS) is 16.6. The summed E-state index contributed by atoms with van der Waals surface area (Å²) in [5, 5.41) is 8.61. The molecule has 0 atom stereocenters. The van der Waals surface area contributed by atoms with E-state index in [1.54, 1.807) is 0 Å². The zero-order valence-electron chi connectivity index (χ0n) is 11.8. The molecule has 102 valence electrons. The number of pyridine rings is 1. The molecule has 0 amide bonds. The van der Waals surface area contributed by atoms with Crippen LogP contribution in [0.15, 0.2) is 18.5 Å². The van der Waals surface area contributed by atoms with E-state index in [1.807, 2.05) is 12.4 Å². The Kier molecular flexibility index (Phi) is 4.75. The highest BCUT2D eigenvalue weighted by molar-refractivity contribution is 5.47. The van der Waals surface area contributed by atoms with E-state index in [4.69, 9.17) is 5.26 Å². The molecule has 2 rings (SSSR count). The van der Waals surface area contributed by atoms with Crippen molar-refractivity contribution >= 4 is 5.69 Å². The Balaban J connectivity index is 1.94. The molecule has 2 heterocycles. The second-order valence-corrected chi connectivity index (χ2v) is 5.37. The van der Waals surface area contributed by atoms with Crippen LogP contribution < -0.4 is 4.90 Å². The first kappa shape index (κ1) is 13.8. The molecule has 1 aromatic rings. The third kappa shape index (κ3) is 3.68. The van der Waals surface area contributed by atoms with Crippen LogP contribution in [0.3, 0.4) is 0 Å². The van der Waals surface area contributed by atoms with Crippen molar-refractivity contribution in [1.29, 1.82) is 5.26 Å². The molecule has 1 aromatic heterocycles. The van der Waals surface area contributed by atoms with Gasteiger partial charge in [-0.15, -0.1) is 0 Å². The lowest BCUT2D eigenvalue weighted by Crippen LogP contribution is -2.46. The van der Waals surface area contributed by atoms with Gasteiger partial charge in [-0.2, -0.15) is 5.26 Å². The largest absolute Gasteiger partial charge is 0.368 e. The smallest absolute Gasteiger partial charge is 0.0635 e. The van der Waals surface area contributed by atoms with Gasteiger partial charge >= 0.3 is 0 Å². The second kappa shape index (κ2) is 6.53. The number of nitriles is 1. The molecule has 0 spiro atoms. The van der Waals surface area contributed by atoms with E-state index in [-0.39, 0.29) is 0 Å². The minimum atomic E-state index is 0.518. The summed E-state index contributed by atoms with van der Waals surface area (Å²) < 4.78 is 0. The molecule has 4 heteroatoms. The first-order chi connectivity index (χ1) is 9.20. The molecule has 0 aliphatic carbocycles. The third-order valence-corrected chi connectivity index (χ3v) is 3.69. The Morgan fingerprint density at radius 1 is 1.26 bits per heavy atom. The van der Waals surface area contributed by atoms with Crippen molar-refractivity contribution < 1.29 is 0 Å². The predicted octanol–water partition coefficient (Wildman–Crippen LogP) is 2.24. The van der Waals surface area contributed by atoms with Gasteiger partial charge in [0.15, 0.2) is 0 Å². The van der Waals surface area contributed by atoms with Gasteiger partial charge in [0.1, 0.15) is 0 Å². The second-order valence-electron chi connectivity index (χ2n) is 5.37. The minimum absolute atomic E-state index is 0.518. The van der Waals surface area contributed by atoms with Crippen molar-refractivity contribution in [3.63, 3.8) is 0 Å². The molecule has 0 bridgehead atoms. The lowest BCUT2D eigenvalue weighted by Gasteiger charge is -2.35. The number of aromatic nitrogens is 1. The van der Waals surface area contributed by atoms with Crippen molar-refractivity contribution in [3.05, 3.63) is 24.0 Å². The highest BCUT2D eigenvalue weighted by Gasteiger charge is 2.17. The van der Waals surface area contributed by atoms with E-state index >= 15 is 0 Å². The van der Waals surface area contributed by atoms with Gasteiger partial charge < -0.3 is 4.90 Å². The lowest BCUT2D eigenvalue weighted by molar-refractivity contribution is 0.263. The number of piperazine rings is 1. The fourth-order valence-corrected chi connectivity index (χ4v) is 2.37. The Morgan fingerprint density at radius 3 is 2.63 bits per heavy atom. The Labute approximate surface area is 115 Å². The van der Waals surface area contributed by atoms with Crippen LogP contribution in [0.1, 0.15) is 31.7 Å². The number of hydrogen-bond donors (Lipinski definition) is 0. The third-order valence-electron chi connectivity index (χ3n) is 3.69. The maximum Gasteiger partial charge on any atom is 0.0635 e. The van der Waals surface area contributed by atoms with Crippen molar-refractivity contribution in [1.82, 2.24) is 9.88 Å². The van der Waals surface area contributed by atoms with Crippen LogP contribution in [-0.2, 0) is 0 Å². The molecule has 0 saturated carbocycles. The molecule has 1 aliphatic heterocycles. The summed E-state index contributed by atoms with van der Waals surface area (Å²) in [6.45, 7) is 9.40. The monoisotopic (exact) mass is 258 g/mol. The highest BCUT2D eigenvalue weighted by atomic mass is 15.3. The van der Waals surface area contributed by atoms with Gasteiger partial charge in [0.25, 0.3) is 0 Å². The van der Waals surface area contributed by atoms with Crippen LogP contribution in [0.25, 0.3) is 0 Å². The van der Waals surface area contributed by atoms with Crippen LogP contribution in [0.2, 0.25) is 0 Å². The summed E-state index contributed by atoms with van der Waals surface area (Å²) in [5.74, 6) is 0.518. The Hall–Kier alpha value is -1.60. The lowest BCUT2D eigenvalue weighted by atomic mass is 10.1. The van der Waals surface area contributed by atoms with E-state index in [2.05, 4.69) is 40.8 Å². The van der Waals surface area contributed by atoms with Gasteiger partial charge in [0, 0.05) is 45.3 Å². The van der Waals surface area contributed by atoms with Crippen molar-refractivity contribution in [2.45, 2.75) is 26.2 Å². The quantitative estimate of drug-likeness (QED) is 0.830. The molecule has 4 nitrogen and oxygen atoms in total. The SMILES string of the molecule is CC(C)c1cncc(N2CCN(CCC#N)CC2)c1. The first-order valence-corrected chi connectivity index (χ1v) is 7.00. The number of anilines is 1. The maximum absolute atomic E-state index is 8.61. The van der Waals surface area contributed by atoms with E-state index in [0.717, 1.165) is 32.7 Å². The van der Waals surface area contributed by atoms with Gasteiger partial charge in [0.05, 0.1) is 18.0 Å². The predicted molar refractivity (Wildman–Crippen MR) is 77.2 cm³/mol. The molecule has 0 radical (unpaired) electrons. The zero-order valence-corrected chi connectivity index (χ0v) is 11.8. The summed E-state index contributed by atoms with van der Waals surface area (Å²) in [4.78, 5) is 9.10. The summed E-state index contributed by atoms with van der Waals surface area (Å²) in [7, 11) is 0. The average Bonchev–Trinajstić information content (AvgIpc) is 2.46. The molecule has 0 N–H and O–H groups in total. The number of rotatable bonds is 4. The van der Waals surface area contributed by atoms with E-state index in [1.165, 1.54) is 11.3 Å². The van der Waals surface area contributed by atoms with Gasteiger partial charge in [-0.1, -0.05) is 13.8 Å². The van der Waals surface area contributed by atoms with Crippen LogP contribution in [-0.4, -0.2) is 42.6 Å². The molecule has 1 aliphatic rings. The number of hydrogen-bond acceptors (Lipinski definition) is 4. The molecule has 1 saturated heterocycles. The Bertz CT molecular complexity index is 442. The molecular formula is C15H22N4. The van der Waals surface area contributed by atoms with Crippen LogP contribution in [0.4, 0.5) is 5.69 Å². The van der Waals surface area contributed by atoms with Gasteiger partial charge in [-0.25, -0.2) is 0 Å². The standard InChI is InChI=1S/C15H22N4/c1-13(2)14-10-15(12-17-11-14)19-8-6-18(7-9-19)5-3-4-16/h10-13H,3,5-9H2,1-2H3. The number of nitrogens with zero attached hydrogens (tertiary/aromatic N) is 4. The summed E-state index contributed by atoms with van der Waals surface area (Å²) >= 11 is 0. The van der Waals surface area contributed by atoms with Crippen molar-refractivity contribution in [3.8, 4) is 6.07 Å². The van der Waals surface area contributed by atoms with E-state index < -0.39 is 0 Å². The fraction of sp³-hybridized carbons (Fsp3) is 0.600. The van der Waals surface area contributed by atoms with Crippen LogP contribution >= 0.6 is 0 Å². The molecular weight excluding hydrogens is 236 g/mol. The first-order valence-electron chi connectivity index (χ1n) is 7.00. The molecule has 0 aromatic carbocycles. The molecule has 1 fully saturated rings. The fourth-order valence-electron chi connectivity index (χ4n) is 2.37. The van der Waals surface area contributed by atoms with E-state index in [0.29, 0.717) is 12.3 Å². The Morgan fingerprint density at radius 2 is 2.00 bits per heavy atom. The van der Waals surface area contributed by atoms with Crippen LogP contribution in [0.5, 0.6) is 0 Å². The van der Waals surface area contributed by atoms with E-state index in [9.17, 15) is 0 Å². The van der Waals surface area contributed by atoms with Gasteiger partial charge in [0.2, 0.25) is 0 Å². The highest BCUT2D eigenvalue weighted by Crippen LogP contribution is 2.21. The summed E-state index contributed by atoms with van der Waals surface area (Å²) in [6.07, 6.45) is 4.54. The maximum atomic E-state index is 8.61.